The molecular formula is C13H23N3O2. The molecule has 0 amide bonds. The van der Waals surface area contributed by atoms with Crippen LogP contribution in [0.4, 0.5) is 0 Å². The minimum Gasteiger partial charge on any atom is -0.465 e. The van der Waals surface area contributed by atoms with E-state index in [2.05, 4.69) is 35.2 Å². The Morgan fingerprint density at radius 3 is 2.78 bits per heavy atom. The van der Waals surface area contributed by atoms with Crippen LogP contribution in [0.2, 0.25) is 0 Å². The van der Waals surface area contributed by atoms with Crippen molar-refractivity contribution in [2.45, 2.75) is 46.8 Å². The second kappa shape index (κ2) is 7.16. The van der Waals surface area contributed by atoms with Gasteiger partial charge in [0.2, 0.25) is 0 Å². The fourth-order valence-corrected chi connectivity index (χ4v) is 1.75. The van der Waals surface area contributed by atoms with Crippen LogP contribution >= 0.6 is 0 Å². The highest BCUT2D eigenvalue weighted by atomic mass is 16.5. The smallest absolute Gasteiger partial charge is 0.320 e. The van der Waals surface area contributed by atoms with E-state index in [9.17, 15) is 4.79 Å². The van der Waals surface area contributed by atoms with Gasteiger partial charge >= 0.3 is 5.97 Å². The van der Waals surface area contributed by atoms with E-state index in [0.29, 0.717) is 19.7 Å². The Balaban J connectivity index is 2.66. The normalized spacial score (nSPS) is 11.2. The fourth-order valence-electron chi connectivity index (χ4n) is 1.75. The Hall–Kier alpha value is -1.36. The van der Waals surface area contributed by atoms with Crippen LogP contribution in [0.15, 0.2) is 12.4 Å². The lowest BCUT2D eigenvalue weighted by atomic mass is 10.3. The van der Waals surface area contributed by atoms with E-state index >= 15 is 0 Å². The van der Waals surface area contributed by atoms with E-state index in [-0.39, 0.29) is 12.0 Å². The molecule has 0 spiro atoms. The standard InChI is InChI=1S/C13H23N3O2/c1-5-15-8-7-14-12(15)9-16(11(3)4)10-13(17)18-6-2/h7-8,11H,5-6,9-10H2,1-4H3. The molecule has 0 radical (unpaired) electrons. The maximum absolute atomic E-state index is 11.5. The van der Waals surface area contributed by atoms with Gasteiger partial charge in [0.25, 0.3) is 0 Å². The number of hydrogen-bond acceptors (Lipinski definition) is 4. The van der Waals surface area contributed by atoms with Crippen LogP contribution in [-0.4, -0.2) is 39.6 Å². The number of esters is 1. The van der Waals surface area contributed by atoms with Gasteiger partial charge in [-0.15, -0.1) is 0 Å². The van der Waals surface area contributed by atoms with Gasteiger partial charge in [0.15, 0.2) is 0 Å². The maximum Gasteiger partial charge on any atom is 0.320 e. The van der Waals surface area contributed by atoms with Gasteiger partial charge in [0, 0.05) is 25.0 Å². The highest BCUT2D eigenvalue weighted by Gasteiger charge is 2.17. The number of rotatable bonds is 7. The number of ether oxygens (including phenoxy) is 1. The van der Waals surface area contributed by atoms with Crippen molar-refractivity contribution in [1.82, 2.24) is 14.5 Å². The van der Waals surface area contributed by atoms with Gasteiger partial charge in [0.1, 0.15) is 5.82 Å². The molecule has 5 heteroatoms. The topological polar surface area (TPSA) is 47.4 Å². The molecule has 0 bridgehead atoms. The second-order valence-corrected chi connectivity index (χ2v) is 4.43. The number of nitrogens with zero attached hydrogens (tertiary/aromatic N) is 3. The molecule has 0 aliphatic rings. The lowest BCUT2D eigenvalue weighted by molar-refractivity contribution is -0.145. The van der Waals surface area contributed by atoms with Gasteiger partial charge in [-0.25, -0.2) is 4.98 Å². The molecule has 18 heavy (non-hydrogen) atoms. The lowest BCUT2D eigenvalue weighted by Crippen LogP contribution is -2.36. The Labute approximate surface area is 109 Å². The van der Waals surface area contributed by atoms with E-state index in [1.165, 1.54) is 0 Å². The number of aromatic nitrogens is 2. The van der Waals surface area contributed by atoms with Crippen LogP contribution in [-0.2, 0) is 22.6 Å². The summed E-state index contributed by atoms with van der Waals surface area (Å²) in [5.41, 5.74) is 0. The summed E-state index contributed by atoms with van der Waals surface area (Å²) in [5.74, 6) is 0.802. The number of carbonyl (C=O) groups is 1. The van der Waals surface area contributed by atoms with E-state index in [1.54, 1.807) is 6.20 Å². The first kappa shape index (κ1) is 14.7. The summed E-state index contributed by atoms with van der Waals surface area (Å²) in [6.07, 6.45) is 3.75. The highest BCUT2D eigenvalue weighted by molar-refractivity contribution is 5.71. The average molecular weight is 253 g/mol. The zero-order valence-electron chi connectivity index (χ0n) is 11.7. The van der Waals surface area contributed by atoms with Crippen molar-refractivity contribution in [3.63, 3.8) is 0 Å². The van der Waals surface area contributed by atoms with Crippen LogP contribution in [0, 0.1) is 0 Å². The molecule has 0 atom stereocenters. The molecular weight excluding hydrogens is 230 g/mol. The van der Waals surface area contributed by atoms with E-state index in [1.807, 2.05) is 13.1 Å². The summed E-state index contributed by atoms with van der Waals surface area (Å²) < 4.78 is 7.07. The number of imidazole rings is 1. The predicted octanol–water partition coefficient (Wildman–Crippen LogP) is 1.68. The Kier molecular flexibility index (Phi) is 5.85. The minimum absolute atomic E-state index is 0.180. The van der Waals surface area contributed by atoms with Crippen molar-refractivity contribution >= 4 is 5.97 Å². The molecule has 5 nitrogen and oxygen atoms in total. The van der Waals surface area contributed by atoms with Crippen LogP contribution in [0.25, 0.3) is 0 Å². The second-order valence-electron chi connectivity index (χ2n) is 4.43. The molecule has 1 aromatic heterocycles. The predicted molar refractivity (Wildman–Crippen MR) is 70.1 cm³/mol. The number of carbonyl (C=O) groups excluding carboxylic acids is 1. The largest absolute Gasteiger partial charge is 0.465 e. The van der Waals surface area contributed by atoms with Crippen molar-refractivity contribution in [2.75, 3.05) is 13.2 Å². The maximum atomic E-state index is 11.5. The van der Waals surface area contributed by atoms with E-state index < -0.39 is 0 Å². The van der Waals surface area contributed by atoms with Crippen molar-refractivity contribution < 1.29 is 9.53 Å². The first-order valence-electron chi connectivity index (χ1n) is 6.48. The third-order valence-corrected chi connectivity index (χ3v) is 2.85. The molecule has 0 aliphatic heterocycles. The Morgan fingerprint density at radius 2 is 2.22 bits per heavy atom. The molecule has 1 rings (SSSR count). The zero-order valence-corrected chi connectivity index (χ0v) is 11.7. The summed E-state index contributed by atoms with van der Waals surface area (Å²) in [6.45, 7) is 10.3. The molecule has 0 aromatic carbocycles. The van der Waals surface area contributed by atoms with Gasteiger partial charge < -0.3 is 9.30 Å². The average Bonchev–Trinajstić information content (AvgIpc) is 2.75. The summed E-state index contributed by atoms with van der Waals surface area (Å²) in [4.78, 5) is 17.9. The fraction of sp³-hybridized carbons (Fsp3) is 0.692. The van der Waals surface area contributed by atoms with Crippen molar-refractivity contribution in [1.29, 1.82) is 0 Å². The van der Waals surface area contributed by atoms with Crippen LogP contribution in [0.3, 0.4) is 0 Å². The van der Waals surface area contributed by atoms with Gasteiger partial charge in [0.05, 0.1) is 19.7 Å². The first-order valence-corrected chi connectivity index (χ1v) is 6.48. The van der Waals surface area contributed by atoms with Crippen molar-refractivity contribution in [3.8, 4) is 0 Å². The Bertz CT molecular complexity index is 374. The van der Waals surface area contributed by atoms with Gasteiger partial charge in [-0.2, -0.15) is 0 Å². The monoisotopic (exact) mass is 253 g/mol. The molecule has 102 valence electrons. The minimum atomic E-state index is -0.180. The molecule has 0 saturated heterocycles. The lowest BCUT2D eigenvalue weighted by Gasteiger charge is -2.25. The van der Waals surface area contributed by atoms with Gasteiger partial charge in [-0.05, 0) is 27.7 Å². The third kappa shape index (κ3) is 4.14. The van der Waals surface area contributed by atoms with Gasteiger partial charge in [-0.3, -0.25) is 9.69 Å². The highest BCUT2D eigenvalue weighted by Crippen LogP contribution is 2.07. The van der Waals surface area contributed by atoms with Crippen LogP contribution < -0.4 is 0 Å². The number of hydrogen-bond donors (Lipinski definition) is 0. The van der Waals surface area contributed by atoms with E-state index in [4.69, 9.17) is 4.74 Å². The van der Waals surface area contributed by atoms with Crippen LogP contribution in [0.5, 0.6) is 0 Å². The quantitative estimate of drug-likeness (QED) is 0.694. The number of aryl methyl sites for hydroxylation is 1. The summed E-state index contributed by atoms with van der Waals surface area (Å²) in [7, 11) is 0. The van der Waals surface area contributed by atoms with Crippen LogP contribution in [0.1, 0.15) is 33.5 Å². The third-order valence-electron chi connectivity index (χ3n) is 2.85. The van der Waals surface area contributed by atoms with Gasteiger partial charge in [-0.1, -0.05) is 0 Å². The van der Waals surface area contributed by atoms with E-state index in [0.717, 1.165) is 12.4 Å². The molecule has 0 saturated carbocycles. The van der Waals surface area contributed by atoms with Crippen molar-refractivity contribution in [3.05, 3.63) is 18.2 Å². The molecule has 0 N–H and O–H groups in total. The zero-order chi connectivity index (χ0) is 13.5. The van der Waals surface area contributed by atoms with Crippen molar-refractivity contribution in [2.24, 2.45) is 0 Å². The Morgan fingerprint density at radius 1 is 1.50 bits per heavy atom. The summed E-state index contributed by atoms with van der Waals surface area (Å²) >= 11 is 0. The molecule has 0 aliphatic carbocycles. The summed E-state index contributed by atoms with van der Waals surface area (Å²) in [6, 6.07) is 0.274. The molecule has 0 fully saturated rings. The first-order chi connectivity index (χ1) is 8.58. The molecule has 1 heterocycles. The molecule has 0 unspecified atom stereocenters. The SMILES string of the molecule is CCOC(=O)CN(Cc1nccn1CC)C(C)C. The summed E-state index contributed by atoms with van der Waals surface area (Å²) in [5, 5.41) is 0. The molecule has 1 aromatic rings.